The van der Waals surface area contributed by atoms with Crippen LogP contribution in [0.25, 0.3) is 11.0 Å². The Hall–Kier alpha value is -2.36. The molecule has 0 atom stereocenters. The molecule has 0 fully saturated rings. The molecule has 0 radical (unpaired) electrons. The molecule has 0 saturated heterocycles. The van der Waals surface area contributed by atoms with Crippen LogP contribution in [0.5, 0.6) is 0 Å². The zero-order valence-electron chi connectivity index (χ0n) is 12.2. The van der Waals surface area contributed by atoms with Crippen LogP contribution in [-0.4, -0.2) is 15.0 Å². The largest absolute Gasteiger partial charge is 0.343 e. The van der Waals surface area contributed by atoms with Crippen molar-refractivity contribution in [3.8, 4) is 0 Å². The number of aromatic amines is 1. The first-order valence-electron chi connectivity index (χ1n) is 6.70. The van der Waals surface area contributed by atoms with Crippen molar-refractivity contribution in [3.63, 3.8) is 0 Å². The van der Waals surface area contributed by atoms with Crippen LogP contribution in [0.1, 0.15) is 22.4 Å². The molecule has 2 heterocycles. The van der Waals surface area contributed by atoms with Crippen molar-refractivity contribution in [1.29, 1.82) is 0 Å². The summed E-state index contributed by atoms with van der Waals surface area (Å²) in [5.41, 5.74) is 6.72. The molecule has 102 valence electrons. The van der Waals surface area contributed by atoms with Crippen LogP contribution in [-0.2, 0) is 0 Å². The number of H-pyrrole nitrogens is 1. The van der Waals surface area contributed by atoms with Gasteiger partial charge in [0, 0.05) is 11.4 Å². The van der Waals surface area contributed by atoms with E-state index in [1.54, 1.807) is 6.33 Å². The standard InChI is InChI=1S/C16H18N4/c1-9-5-10(2)7-13(6-9)20-16-14-11(3)12(4)19-15(14)17-8-18-16/h5-8H,1-4H3,(H2,17,18,19,20). The van der Waals surface area contributed by atoms with Crippen LogP contribution in [0.15, 0.2) is 24.5 Å². The fourth-order valence-corrected chi connectivity index (χ4v) is 2.57. The number of aryl methyl sites for hydroxylation is 4. The van der Waals surface area contributed by atoms with Gasteiger partial charge in [-0.2, -0.15) is 0 Å². The van der Waals surface area contributed by atoms with Crippen LogP contribution in [0.2, 0.25) is 0 Å². The van der Waals surface area contributed by atoms with E-state index >= 15 is 0 Å². The summed E-state index contributed by atoms with van der Waals surface area (Å²) >= 11 is 0. The Morgan fingerprint density at radius 2 is 1.65 bits per heavy atom. The van der Waals surface area contributed by atoms with E-state index in [9.17, 15) is 0 Å². The van der Waals surface area contributed by atoms with Crippen LogP contribution in [0.3, 0.4) is 0 Å². The van der Waals surface area contributed by atoms with Crippen molar-refractivity contribution < 1.29 is 0 Å². The van der Waals surface area contributed by atoms with Crippen LogP contribution in [0, 0.1) is 27.7 Å². The molecular weight excluding hydrogens is 248 g/mol. The highest BCUT2D eigenvalue weighted by Crippen LogP contribution is 2.28. The maximum Gasteiger partial charge on any atom is 0.143 e. The summed E-state index contributed by atoms with van der Waals surface area (Å²) in [6.07, 6.45) is 1.59. The highest BCUT2D eigenvalue weighted by Gasteiger charge is 2.11. The van der Waals surface area contributed by atoms with Gasteiger partial charge in [0.25, 0.3) is 0 Å². The first kappa shape index (κ1) is 12.7. The van der Waals surface area contributed by atoms with Gasteiger partial charge < -0.3 is 10.3 Å². The van der Waals surface area contributed by atoms with Gasteiger partial charge in [-0.05, 0) is 56.5 Å². The van der Waals surface area contributed by atoms with Crippen LogP contribution in [0.4, 0.5) is 11.5 Å². The second-order valence-corrected chi connectivity index (χ2v) is 5.32. The van der Waals surface area contributed by atoms with Gasteiger partial charge in [0.2, 0.25) is 0 Å². The van der Waals surface area contributed by atoms with Crippen molar-refractivity contribution in [2.75, 3.05) is 5.32 Å². The number of benzene rings is 1. The fourth-order valence-electron chi connectivity index (χ4n) is 2.57. The smallest absolute Gasteiger partial charge is 0.143 e. The molecule has 2 N–H and O–H groups in total. The quantitative estimate of drug-likeness (QED) is 0.738. The number of nitrogens with zero attached hydrogens (tertiary/aromatic N) is 2. The maximum atomic E-state index is 4.39. The molecule has 4 heteroatoms. The number of aromatic nitrogens is 3. The Morgan fingerprint density at radius 3 is 2.35 bits per heavy atom. The predicted molar refractivity (Wildman–Crippen MR) is 82.6 cm³/mol. The van der Waals surface area contributed by atoms with Crippen LogP contribution < -0.4 is 5.32 Å². The average molecular weight is 266 g/mol. The molecule has 1 aromatic carbocycles. The zero-order valence-corrected chi connectivity index (χ0v) is 12.2. The third-order valence-corrected chi connectivity index (χ3v) is 3.58. The maximum absolute atomic E-state index is 4.39. The molecule has 0 unspecified atom stereocenters. The van der Waals surface area contributed by atoms with E-state index < -0.39 is 0 Å². The van der Waals surface area contributed by atoms with Crippen molar-refractivity contribution in [1.82, 2.24) is 15.0 Å². The molecule has 3 aromatic rings. The Balaban J connectivity index is 2.10. The van der Waals surface area contributed by atoms with Gasteiger partial charge >= 0.3 is 0 Å². The third kappa shape index (κ3) is 2.13. The molecule has 0 bridgehead atoms. The predicted octanol–water partition coefficient (Wildman–Crippen LogP) is 3.94. The molecule has 0 amide bonds. The lowest BCUT2D eigenvalue weighted by molar-refractivity contribution is 1.18. The Morgan fingerprint density at radius 1 is 0.950 bits per heavy atom. The minimum absolute atomic E-state index is 0.849. The minimum atomic E-state index is 0.849. The summed E-state index contributed by atoms with van der Waals surface area (Å²) in [6.45, 7) is 8.33. The topological polar surface area (TPSA) is 53.6 Å². The van der Waals surface area contributed by atoms with Gasteiger partial charge in [0.15, 0.2) is 0 Å². The third-order valence-electron chi connectivity index (χ3n) is 3.58. The molecule has 0 aliphatic carbocycles. The van der Waals surface area contributed by atoms with Crippen molar-refractivity contribution in [2.24, 2.45) is 0 Å². The van der Waals surface area contributed by atoms with E-state index in [-0.39, 0.29) is 0 Å². The lowest BCUT2D eigenvalue weighted by atomic mass is 10.1. The van der Waals surface area contributed by atoms with Crippen molar-refractivity contribution in [2.45, 2.75) is 27.7 Å². The summed E-state index contributed by atoms with van der Waals surface area (Å²) in [5.74, 6) is 0.849. The number of fused-ring (bicyclic) bond motifs is 1. The van der Waals surface area contributed by atoms with E-state index in [0.29, 0.717) is 0 Å². The highest BCUT2D eigenvalue weighted by atomic mass is 15.0. The summed E-state index contributed by atoms with van der Waals surface area (Å²) in [7, 11) is 0. The van der Waals surface area contributed by atoms with Gasteiger partial charge in [-0.15, -0.1) is 0 Å². The summed E-state index contributed by atoms with van der Waals surface area (Å²) in [5, 5.41) is 4.47. The number of anilines is 2. The van der Waals surface area contributed by atoms with Gasteiger partial charge in [-0.25, -0.2) is 9.97 Å². The summed E-state index contributed by atoms with van der Waals surface area (Å²) < 4.78 is 0. The first-order chi connectivity index (χ1) is 9.54. The average Bonchev–Trinajstić information content (AvgIpc) is 2.65. The molecule has 0 aliphatic rings. The SMILES string of the molecule is Cc1cc(C)cc(Nc2ncnc3[nH]c(C)c(C)c23)c1. The second-order valence-electron chi connectivity index (χ2n) is 5.32. The highest BCUT2D eigenvalue weighted by molar-refractivity contribution is 5.92. The Kier molecular flexibility index (Phi) is 2.93. The molecule has 0 spiro atoms. The normalized spacial score (nSPS) is 11.0. The monoisotopic (exact) mass is 266 g/mol. The fraction of sp³-hybridized carbons (Fsp3) is 0.250. The second kappa shape index (κ2) is 4.63. The van der Waals surface area contributed by atoms with Gasteiger partial charge in [-0.3, -0.25) is 0 Å². The number of rotatable bonds is 2. The van der Waals surface area contributed by atoms with Crippen molar-refractivity contribution >= 4 is 22.5 Å². The number of hydrogen-bond donors (Lipinski definition) is 2. The lowest BCUT2D eigenvalue weighted by Crippen LogP contribution is -1.96. The first-order valence-corrected chi connectivity index (χ1v) is 6.70. The lowest BCUT2D eigenvalue weighted by Gasteiger charge is -2.09. The number of hydrogen-bond acceptors (Lipinski definition) is 3. The zero-order chi connectivity index (χ0) is 14.3. The van der Waals surface area contributed by atoms with Gasteiger partial charge in [0.05, 0.1) is 5.39 Å². The van der Waals surface area contributed by atoms with E-state index in [1.165, 1.54) is 16.7 Å². The molecule has 4 nitrogen and oxygen atoms in total. The van der Waals surface area contributed by atoms with Crippen molar-refractivity contribution in [3.05, 3.63) is 46.9 Å². The van der Waals surface area contributed by atoms with Gasteiger partial charge in [0.1, 0.15) is 17.8 Å². The Bertz CT molecular complexity index is 766. The van der Waals surface area contributed by atoms with E-state index in [0.717, 1.165) is 28.2 Å². The molecule has 0 saturated carbocycles. The molecule has 0 aliphatic heterocycles. The van der Waals surface area contributed by atoms with E-state index in [4.69, 9.17) is 0 Å². The number of nitrogens with one attached hydrogen (secondary N) is 2. The van der Waals surface area contributed by atoms with E-state index in [2.05, 4.69) is 66.2 Å². The minimum Gasteiger partial charge on any atom is -0.343 e. The van der Waals surface area contributed by atoms with Gasteiger partial charge in [-0.1, -0.05) is 6.07 Å². The molecular formula is C16H18N4. The van der Waals surface area contributed by atoms with E-state index in [1.807, 2.05) is 0 Å². The Labute approximate surface area is 118 Å². The summed E-state index contributed by atoms with van der Waals surface area (Å²) in [4.78, 5) is 12.0. The van der Waals surface area contributed by atoms with Crippen LogP contribution >= 0.6 is 0 Å². The summed E-state index contributed by atoms with van der Waals surface area (Å²) in [6, 6.07) is 6.40. The molecule has 3 rings (SSSR count). The molecule has 20 heavy (non-hydrogen) atoms. The molecule has 2 aromatic heterocycles.